The first-order valence-corrected chi connectivity index (χ1v) is 10.6. The van der Waals surface area contributed by atoms with Crippen molar-refractivity contribution in [2.75, 3.05) is 0 Å². The highest BCUT2D eigenvalue weighted by Gasteiger charge is 2.24. The summed E-state index contributed by atoms with van der Waals surface area (Å²) in [7, 11) is 0. The van der Waals surface area contributed by atoms with E-state index in [-0.39, 0.29) is 44.9 Å². The van der Waals surface area contributed by atoms with Crippen molar-refractivity contribution in [2.45, 2.75) is 31.8 Å². The van der Waals surface area contributed by atoms with Crippen molar-refractivity contribution in [3.63, 3.8) is 0 Å². The molecule has 0 saturated heterocycles. The van der Waals surface area contributed by atoms with Crippen molar-refractivity contribution in [1.82, 2.24) is 25.0 Å². The molecule has 1 aromatic carbocycles. The van der Waals surface area contributed by atoms with Gasteiger partial charge in [0.25, 0.3) is 11.1 Å². The molecule has 0 bridgehead atoms. The van der Waals surface area contributed by atoms with Gasteiger partial charge in [-0.25, -0.2) is 9.89 Å². The molecule has 2 unspecified atom stereocenters. The number of H-pyrrole nitrogens is 2. The standard InChI is InChI=1S/C20H16Cl2N6O5/c21-13-6-11(28-20(32)24-19(31)15(8-23)27-28)7-14(22)17(13)33-16-5-10(18(30)26-25-16)3-9-1-2-12(29)4-9/h5-7,9,12,29H,1-4H2,(H,26,30)(H,24,31,32). The van der Waals surface area contributed by atoms with E-state index in [1.165, 1.54) is 18.2 Å². The maximum absolute atomic E-state index is 12.2. The van der Waals surface area contributed by atoms with Crippen LogP contribution < -0.4 is 21.5 Å². The zero-order chi connectivity index (χ0) is 23.7. The molecular formula is C20H16Cl2N6O5. The molecule has 33 heavy (non-hydrogen) atoms. The summed E-state index contributed by atoms with van der Waals surface area (Å²) in [5.74, 6) is 0.247. The Morgan fingerprint density at radius 1 is 1.18 bits per heavy atom. The molecule has 3 N–H and O–H groups in total. The SMILES string of the molecule is N#Cc1nn(-c2cc(Cl)c(Oc3cc(CC4CCC(O)C4)c(=O)[nH]n3)c(Cl)c2)c(=O)[nH]c1=O. The van der Waals surface area contributed by atoms with E-state index in [0.29, 0.717) is 24.8 Å². The Morgan fingerprint density at radius 3 is 2.55 bits per heavy atom. The van der Waals surface area contributed by atoms with Crippen LogP contribution in [0.2, 0.25) is 10.0 Å². The molecule has 0 spiro atoms. The third-order valence-corrected chi connectivity index (χ3v) is 5.81. The van der Waals surface area contributed by atoms with Crippen molar-refractivity contribution < 1.29 is 9.84 Å². The van der Waals surface area contributed by atoms with E-state index in [4.69, 9.17) is 33.2 Å². The molecule has 4 rings (SSSR count). The summed E-state index contributed by atoms with van der Waals surface area (Å²) >= 11 is 12.6. The van der Waals surface area contributed by atoms with Crippen LogP contribution in [-0.2, 0) is 6.42 Å². The molecule has 0 radical (unpaired) electrons. The highest BCUT2D eigenvalue weighted by Crippen LogP contribution is 2.37. The number of nitriles is 1. The number of nitrogens with zero attached hydrogens (tertiary/aromatic N) is 4. The summed E-state index contributed by atoms with van der Waals surface area (Å²) in [6.07, 6.45) is 2.27. The number of hydrogen-bond donors (Lipinski definition) is 3. The first-order valence-electron chi connectivity index (χ1n) is 9.83. The maximum Gasteiger partial charge on any atom is 0.349 e. The van der Waals surface area contributed by atoms with E-state index in [2.05, 4.69) is 15.3 Å². The molecule has 1 aliphatic carbocycles. The van der Waals surface area contributed by atoms with Crippen LogP contribution in [0.15, 0.2) is 32.6 Å². The minimum absolute atomic E-state index is 0.00984. The lowest BCUT2D eigenvalue weighted by Crippen LogP contribution is -2.33. The molecule has 2 atom stereocenters. The van der Waals surface area contributed by atoms with Crippen LogP contribution in [0.5, 0.6) is 11.6 Å². The molecule has 0 aliphatic heterocycles. The number of aliphatic hydroxyl groups excluding tert-OH is 1. The second kappa shape index (κ2) is 9.19. The molecule has 11 nitrogen and oxygen atoms in total. The minimum Gasteiger partial charge on any atom is -0.434 e. The topological polar surface area (TPSA) is 167 Å². The van der Waals surface area contributed by atoms with Crippen LogP contribution in [-0.4, -0.2) is 36.2 Å². The summed E-state index contributed by atoms with van der Waals surface area (Å²) in [5.41, 5.74) is -2.12. The predicted octanol–water partition coefficient (Wildman–Crippen LogP) is 1.68. The predicted molar refractivity (Wildman–Crippen MR) is 117 cm³/mol. The third kappa shape index (κ3) is 4.83. The van der Waals surface area contributed by atoms with Gasteiger partial charge in [-0.2, -0.15) is 9.94 Å². The zero-order valence-electron chi connectivity index (χ0n) is 16.8. The van der Waals surface area contributed by atoms with Gasteiger partial charge in [-0.3, -0.25) is 14.6 Å². The summed E-state index contributed by atoms with van der Waals surface area (Å²) < 4.78 is 6.47. The number of nitrogens with one attached hydrogen (secondary N) is 2. The molecule has 170 valence electrons. The lowest BCUT2D eigenvalue weighted by atomic mass is 9.99. The number of aromatic nitrogens is 5. The fourth-order valence-electron chi connectivity index (χ4n) is 3.69. The minimum atomic E-state index is -0.914. The number of benzene rings is 1. The number of hydrogen-bond acceptors (Lipinski definition) is 8. The van der Waals surface area contributed by atoms with Crippen LogP contribution in [0.4, 0.5) is 0 Å². The van der Waals surface area contributed by atoms with E-state index >= 15 is 0 Å². The second-order valence-corrected chi connectivity index (χ2v) is 8.38. The molecule has 1 saturated carbocycles. The Morgan fingerprint density at radius 2 is 1.91 bits per heavy atom. The molecule has 1 fully saturated rings. The molecule has 13 heteroatoms. The lowest BCUT2D eigenvalue weighted by molar-refractivity contribution is 0.177. The van der Waals surface area contributed by atoms with Gasteiger partial charge in [-0.1, -0.05) is 23.2 Å². The molecule has 1 aliphatic rings. The monoisotopic (exact) mass is 490 g/mol. The van der Waals surface area contributed by atoms with E-state index in [9.17, 15) is 19.5 Å². The van der Waals surface area contributed by atoms with Crippen molar-refractivity contribution in [1.29, 1.82) is 5.26 Å². The van der Waals surface area contributed by atoms with Gasteiger partial charge < -0.3 is 9.84 Å². The second-order valence-electron chi connectivity index (χ2n) is 7.57. The van der Waals surface area contributed by atoms with Crippen molar-refractivity contribution in [2.24, 2.45) is 5.92 Å². The Balaban J connectivity index is 1.63. The van der Waals surface area contributed by atoms with E-state index in [0.717, 1.165) is 11.1 Å². The van der Waals surface area contributed by atoms with Gasteiger partial charge in [0.15, 0.2) is 5.75 Å². The van der Waals surface area contributed by atoms with Gasteiger partial charge >= 0.3 is 5.69 Å². The fourth-order valence-corrected chi connectivity index (χ4v) is 4.25. The van der Waals surface area contributed by atoms with Gasteiger partial charge in [0.05, 0.1) is 21.8 Å². The van der Waals surface area contributed by atoms with Gasteiger partial charge in [0.1, 0.15) is 6.07 Å². The molecule has 2 heterocycles. The van der Waals surface area contributed by atoms with Gasteiger partial charge in [-0.05, 0) is 43.7 Å². The average Bonchev–Trinajstić information content (AvgIpc) is 3.17. The van der Waals surface area contributed by atoms with Crippen molar-refractivity contribution in [3.05, 3.63) is 70.7 Å². The zero-order valence-corrected chi connectivity index (χ0v) is 18.4. The Hall–Kier alpha value is -3.46. The summed E-state index contributed by atoms with van der Waals surface area (Å²) in [5, 5.41) is 28.6. The smallest absolute Gasteiger partial charge is 0.349 e. The van der Waals surface area contributed by atoms with Crippen molar-refractivity contribution >= 4 is 23.2 Å². The summed E-state index contributed by atoms with van der Waals surface area (Å²) in [4.78, 5) is 37.8. The number of rotatable bonds is 5. The van der Waals surface area contributed by atoms with Crippen LogP contribution in [0.25, 0.3) is 5.69 Å². The summed E-state index contributed by atoms with van der Waals surface area (Å²) in [6, 6.07) is 5.69. The van der Waals surface area contributed by atoms with Gasteiger partial charge in [-0.15, -0.1) is 10.2 Å². The van der Waals surface area contributed by atoms with E-state index < -0.39 is 16.9 Å². The highest BCUT2D eigenvalue weighted by atomic mass is 35.5. The molecule has 2 aromatic heterocycles. The van der Waals surface area contributed by atoms with Crippen LogP contribution in [0, 0.1) is 17.2 Å². The quantitative estimate of drug-likeness (QED) is 0.485. The molecular weight excluding hydrogens is 475 g/mol. The van der Waals surface area contributed by atoms with E-state index in [1.54, 1.807) is 6.07 Å². The van der Waals surface area contributed by atoms with E-state index in [1.807, 2.05) is 4.98 Å². The Labute approximate surface area is 195 Å². The third-order valence-electron chi connectivity index (χ3n) is 5.25. The Kier molecular flexibility index (Phi) is 6.33. The lowest BCUT2D eigenvalue weighted by Gasteiger charge is -2.13. The maximum atomic E-state index is 12.2. The Bertz CT molecular complexity index is 1420. The average molecular weight is 491 g/mol. The normalized spacial score (nSPS) is 17.6. The largest absolute Gasteiger partial charge is 0.434 e. The van der Waals surface area contributed by atoms with Crippen LogP contribution in [0.3, 0.4) is 0 Å². The number of aromatic amines is 2. The van der Waals surface area contributed by atoms with Crippen LogP contribution in [0.1, 0.15) is 30.5 Å². The van der Waals surface area contributed by atoms with Crippen LogP contribution >= 0.6 is 23.2 Å². The number of halogens is 2. The number of aliphatic hydroxyl groups is 1. The number of ether oxygens (including phenoxy) is 1. The highest BCUT2D eigenvalue weighted by molar-refractivity contribution is 6.37. The van der Waals surface area contributed by atoms with Gasteiger partial charge in [0.2, 0.25) is 11.6 Å². The van der Waals surface area contributed by atoms with Gasteiger partial charge in [0, 0.05) is 11.6 Å². The molecule has 0 amide bonds. The first kappa shape index (κ1) is 22.7. The fraction of sp³-hybridized carbons (Fsp3) is 0.300. The van der Waals surface area contributed by atoms with Crippen molar-refractivity contribution in [3.8, 4) is 23.4 Å². The summed E-state index contributed by atoms with van der Waals surface area (Å²) in [6.45, 7) is 0. The first-order chi connectivity index (χ1) is 15.7. The molecule has 3 aromatic rings.